The molecule has 2 N–H and O–H groups in total. The molecule has 1 aromatic heterocycles. The summed E-state index contributed by atoms with van der Waals surface area (Å²) in [7, 11) is 0. The molecule has 1 heterocycles. The van der Waals surface area contributed by atoms with Crippen LogP contribution in [0.2, 0.25) is 0 Å². The maximum atomic E-state index is 6.37. The van der Waals surface area contributed by atoms with E-state index in [0.717, 1.165) is 18.6 Å². The molecule has 0 saturated heterocycles. The van der Waals surface area contributed by atoms with E-state index in [2.05, 4.69) is 13.8 Å². The topological polar surface area (TPSA) is 48.4 Å². The van der Waals surface area contributed by atoms with Gasteiger partial charge in [-0.05, 0) is 37.3 Å². The van der Waals surface area contributed by atoms with Crippen molar-refractivity contribution in [3.05, 3.63) is 24.2 Å². The van der Waals surface area contributed by atoms with E-state index in [0.29, 0.717) is 12.0 Å². The largest absolute Gasteiger partial charge is 0.467 e. The minimum absolute atomic E-state index is 0.00517. The monoisotopic (exact) mass is 265 g/mol. The highest BCUT2D eigenvalue weighted by atomic mass is 16.5. The molecular weight excluding hydrogens is 238 g/mol. The Hall–Kier alpha value is -0.800. The summed E-state index contributed by atoms with van der Waals surface area (Å²) in [5.41, 5.74) is 6.23. The van der Waals surface area contributed by atoms with Gasteiger partial charge in [0.25, 0.3) is 0 Å². The third kappa shape index (κ3) is 3.61. The van der Waals surface area contributed by atoms with Gasteiger partial charge in [0.15, 0.2) is 0 Å². The molecule has 0 amide bonds. The third-order valence-corrected chi connectivity index (χ3v) is 4.37. The molecule has 1 aromatic rings. The Morgan fingerprint density at radius 3 is 2.79 bits per heavy atom. The summed E-state index contributed by atoms with van der Waals surface area (Å²) in [5.74, 6) is 1.55. The van der Waals surface area contributed by atoms with Crippen LogP contribution in [0.1, 0.15) is 64.2 Å². The molecule has 1 saturated carbocycles. The van der Waals surface area contributed by atoms with Crippen molar-refractivity contribution in [1.82, 2.24) is 0 Å². The first-order chi connectivity index (χ1) is 9.26. The highest BCUT2D eigenvalue weighted by molar-refractivity contribution is 5.05. The lowest BCUT2D eigenvalue weighted by molar-refractivity contribution is -0.0801. The van der Waals surface area contributed by atoms with Gasteiger partial charge in [-0.25, -0.2) is 0 Å². The summed E-state index contributed by atoms with van der Waals surface area (Å²) >= 11 is 0. The van der Waals surface area contributed by atoms with E-state index in [1.165, 1.54) is 25.7 Å². The molecule has 1 fully saturated rings. The van der Waals surface area contributed by atoms with Gasteiger partial charge in [0.1, 0.15) is 11.9 Å². The molecule has 2 rings (SSSR count). The number of rotatable bonds is 6. The quantitative estimate of drug-likeness (QED) is 0.844. The summed E-state index contributed by atoms with van der Waals surface area (Å²) < 4.78 is 11.9. The van der Waals surface area contributed by atoms with Crippen molar-refractivity contribution in [2.24, 2.45) is 11.7 Å². The molecular formula is C16H27NO2. The Kier molecular flexibility index (Phi) is 5.46. The smallest absolute Gasteiger partial charge is 0.134 e. The highest BCUT2D eigenvalue weighted by Gasteiger charge is 2.31. The van der Waals surface area contributed by atoms with Crippen molar-refractivity contribution < 1.29 is 9.15 Å². The molecule has 3 heteroatoms. The van der Waals surface area contributed by atoms with Crippen LogP contribution in [0, 0.1) is 5.92 Å². The molecule has 1 aliphatic rings. The SMILES string of the molecule is CCC(N)C(OC1CCCCC1CC)c1ccco1. The average Bonchev–Trinajstić information content (AvgIpc) is 2.98. The zero-order valence-electron chi connectivity index (χ0n) is 12.2. The van der Waals surface area contributed by atoms with Gasteiger partial charge >= 0.3 is 0 Å². The Morgan fingerprint density at radius 2 is 2.16 bits per heavy atom. The van der Waals surface area contributed by atoms with Crippen LogP contribution in [-0.2, 0) is 4.74 Å². The lowest BCUT2D eigenvalue weighted by atomic mass is 9.84. The van der Waals surface area contributed by atoms with E-state index in [1.54, 1.807) is 6.26 Å². The van der Waals surface area contributed by atoms with Gasteiger partial charge in [-0.2, -0.15) is 0 Å². The van der Waals surface area contributed by atoms with Crippen LogP contribution in [0.4, 0.5) is 0 Å². The second-order valence-electron chi connectivity index (χ2n) is 5.64. The fraction of sp³-hybridized carbons (Fsp3) is 0.750. The van der Waals surface area contributed by atoms with Crippen LogP contribution in [0.3, 0.4) is 0 Å². The van der Waals surface area contributed by atoms with Crippen LogP contribution in [0.5, 0.6) is 0 Å². The Balaban J connectivity index is 2.06. The van der Waals surface area contributed by atoms with E-state index in [9.17, 15) is 0 Å². The van der Waals surface area contributed by atoms with Crippen LogP contribution in [-0.4, -0.2) is 12.1 Å². The molecule has 19 heavy (non-hydrogen) atoms. The van der Waals surface area contributed by atoms with E-state index >= 15 is 0 Å². The normalized spacial score (nSPS) is 27.1. The van der Waals surface area contributed by atoms with Gasteiger partial charge in [-0.1, -0.05) is 33.1 Å². The zero-order valence-corrected chi connectivity index (χ0v) is 12.2. The minimum atomic E-state index is -0.0999. The van der Waals surface area contributed by atoms with Crippen molar-refractivity contribution in [3.8, 4) is 0 Å². The van der Waals surface area contributed by atoms with Crippen LogP contribution in [0.15, 0.2) is 22.8 Å². The molecule has 0 bridgehead atoms. The van der Waals surface area contributed by atoms with Gasteiger partial charge in [-0.15, -0.1) is 0 Å². The van der Waals surface area contributed by atoms with Crippen LogP contribution in [0.25, 0.3) is 0 Å². The number of hydrogen-bond donors (Lipinski definition) is 1. The molecule has 0 aliphatic heterocycles. The summed E-state index contributed by atoms with van der Waals surface area (Å²) in [6.45, 7) is 4.36. The summed E-state index contributed by atoms with van der Waals surface area (Å²) in [4.78, 5) is 0. The fourth-order valence-electron chi connectivity index (χ4n) is 3.05. The average molecular weight is 265 g/mol. The standard InChI is InChI=1S/C16H27NO2/c1-3-12-8-5-6-9-14(12)19-16(13(17)4-2)15-10-7-11-18-15/h7,10-14,16H,3-6,8-9,17H2,1-2H3. The lowest BCUT2D eigenvalue weighted by Crippen LogP contribution is -2.36. The highest BCUT2D eigenvalue weighted by Crippen LogP contribution is 2.34. The van der Waals surface area contributed by atoms with Crippen LogP contribution >= 0.6 is 0 Å². The van der Waals surface area contributed by atoms with Crippen molar-refractivity contribution in [3.63, 3.8) is 0 Å². The van der Waals surface area contributed by atoms with Gasteiger partial charge < -0.3 is 14.9 Å². The van der Waals surface area contributed by atoms with E-state index in [-0.39, 0.29) is 12.1 Å². The Morgan fingerprint density at radius 1 is 1.37 bits per heavy atom. The molecule has 0 aromatic carbocycles. The third-order valence-electron chi connectivity index (χ3n) is 4.37. The van der Waals surface area contributed by atoms with Gasteiger partial charge in [0, 0.05) is 6.04 Å². The number of ether oxygens (including phenoxy) is 1. The molecule has 0 spiro atoms. The van der Waals surface area contributed by atoms with Crippen molar-refractivity contribution >= 4 is 0 Å². The second kappa shape index (κ2) is 7.11. The number of furan rings is 1. The van der Waals surface area contributed by atoms with E-state index in [1.807, 2.05) is 12.1 Å². The van der Waals surface area contributed by atoms with Crippen LogP contribution < -0.4 is 5.73 Å². The first-order valence-corrected chi connectivity index (χ1v) is 7.70. The zero-order chi connectivity index (χ0) is 13.7. The molecule has 1 aliphatic carbocycles. The summed E-state index contributed by atoms with van der Waals surface area (Å²) in [5, 5.41) is 0. The first kappa shape index (κ1) is 14.6. The van der Waals surface area contributed by atoms with Gasteiger partial charge in [0.05, 0.1) is 12.4 Å². The van der Waals surface area contributed by atoms with Crippen molar-refractivity contribution in [1.29, 1.82) is 0 Å². The van der Waals surface area contributed by atoms with Crippen molar-refractivity contribution in [2.45, 2.75) is 70.6 Å². The van der Waals surface area contributed by atoms with Crippen molar-refractivity contribution in [2.75, 3.05) is 0 Å². The predicted octanol–water partition coefficient (Wildman–Crippen LogP) is 4.04. The second-order valence-corrected chi connectivity index (χ2v) is 5.64. The lowest BCUT2D eigenvalue weighted by Gasteiger charge is -2.35. The fourth-order valence-corrected chi connectivity index (χ4v) is 3.05. The Labute approximate surface area is 116 Å². The number of nitrogens with two attached hydrogens (primary N) is 1. The Bertz CT molecular complexity index is 350. The first-order valence-electron chi connectivity index (χ1n) is 7.70. The number of hydrogen-bond acceptors (Lipinski definition) is 3. The molecule has 3 nitrogen and oxygen atoms in total. The molecule has 4 atom stereocenters. The predicted molar refractivity (Wildman–Crippen MR) is 76.8 cm³/mol. The van der Waals surface area contributed by atoms with E-state index < -0.39 is 0 Å². The maximum Gasteiger partial charge on any atom is 0.134 e. The van der Waals surface area contributed by atoms with Gasteiger partial charge in [-0.3, -0.25) is 0 Å². The van der Waals surface area contributed by atoms with E-state index in [4.69, 9.17) is 14.9 Å². The van der Waals surface area contributed by atoms with Gasteiger partial charge in [0.2, 0.25) is 0 Å². The minimum Gasteiger partial charge on any atom is -0.467 e. The molecule has 4 unspecified atom stereocenters. The summed E-state index contributed by atoms with van der Waals surface area (Å²) in [6, 6.07) is 3.89. The summed E-state index contributed by atoms with van der Waals surface area (Å²) in [6.07, 6.45) is 9.08. The molecule has 0 radical (unpaired) electrons. The molecule has 108 valence electrons. The maximum absolute atomic E-state index is 6.37.